The summed E-state index contributed by atoms with van der Waals surface area (Å²) in [7, 11) is 0. The van der Waals surface area contributed by atoms with Gasteiger partial charge in [0.25, 0.3) is 0 Å². The number of amidine groups is 1. The van der Waals surface area contributed by atoms with Gasteiger partial charge in [-0.25, -0.2) is 4.99 Å². The molecule has 1 aromatic carbocycles. The van der Waals surface area contributed by atoms with Gasteiger partial charge in [0, 0.05) is 18.1 Å². The summed E-state index contributed by atoms with van der Waals surface area (Å²) in [6.07, 6.45) is 4.58. The molecule has 0 unspecified atom stereocenters. The second-order valence-corrected chi connectivity index (χ2v) is 10.6. The largest absolute Gasteiger partial charge is 0.306 e. The van der Waals surface area contributed by atoms with Gasteiger partial charge in [0.05, 0.1) is 5.69 Å². The van der Waals surface area contributed by atoms with Gasteiger partial charge in [-0.2, -0.15) is 0 Å². The van der Waals surface area contributed by atoms with Crippen LogP contribution in [0.1, 0.15) is 65.9 Å². The van der Waals surface area contributed by atoms with Crippen molar-refractivity contribution in [2.45, 2.75) is 60.3 Å². The third kappa shape index (κ3) is 6.11. The molecule has 1 heterocycles. The molecule has 0 aromatic heterocycles. The molecule has 1 saturated heterocycles. The third-order valence-electron chi connectivity index (χ3n) is 5.43. The lowest BCUT2D eigenvalue weighted by atomic mass is 9.84. The van der Waals surface area contributed by atoms with Gasteiger partial charge in [-0.1, -0.05) is 93.3 Å². The highest BCUT2D eigenvalue weighted by Gasteiger charge is 2.37. The van der Waals surface area contributed by atoms with Crippen LogP contribution in [-0.2, 0) is 0 Å². The molecule has 0 amide bonds. The minimum absolute atomic E-state index is 0.308. The second kappa shape index (κ2) is 10.8. The standard InChI is InChI=1S/C23H34N2S3/c1-7-23(8-2)15-25(22(26)27-14-13-17(3)4)21(28-16-23)24-20-12-10-9-11-19(20)18(5)6/h9-13,18H,7-8,14-16H2,1-6H3. The number of aliphatic imine (C=N–C) groups is 1. The Balaban J connectivity index is 2.35. The lowest BCUT2D eigenvalue weighted by molar-refractivity contribution is 0.260. The quantitative estimate of drug-likeness (QED) is 0.337. The molecule has 28 heavy (non-hydrogen) atoms. The van der Waals surface area contributed by atoms with Crippen LogP contribution in [0.25, 0.3) is 0 Å². The smallest absolute Gasteiger partial charge is 0.169 e. The fraction of sp³-hybridized carbons (Fsp3) is 0.565. The van der Waals surface area contributed by atoms with E-state index in [0.29, 0.717) is 11.3 Å². The second-order valence-electron chi connectivity index (χ2n) is 8.05. The number of para-hydroxylation sites is 1. The Labute approximate surface area is 185 Å². The van der Waals surface area contributed by atoms with Crippen LogP contribution in [0.15, 0.2) is 40.9 Å². The van der Waals surface area contributed by atoms with Crippen LogP contribution in [-0.4, -0.2) is 32.4 Å². The van der Waals surface area contributed by atoms with Crippen molar-refractivity contribution in [2.75, 3.05) is 18.1 Å². The molecule has 2 rings (SSSR count). The molecule has 0 N–H and O–H groups in total. The summed E-state index contributed by atoms with van der Waals surface area (Å²) in [5.41, 5.74) is 4.01. The first-order chi connectivity index (χ1) is 13.3. The Hall–Kier alpha value is -0.780. The van der Waals surface area contributed by atoms with E-state index in [1.165, 1.54) is 24.0 Å². The van der Waals surface area contributed by atoms with E-state index < -0.39 is 0 Å². The minimum Gasteiger partial charge on any atom is -0.306 e. The topological polar surface area (TPSA) is 15.6 Å². The van der Waals surface area contributed by atoms with E-state index in [1.807, 2.05) is 11.8 Å². The Morgan fingerprint density at radius 3 is 2.57 bits per heavy atom. The highest BCUT2D eigenvalue weighted by atomic mass is 32.2. The molecule has 154 valence electrons. The molecule has 0 saturated carbocycles. The van der Waals surface area contributed by atoms with Crippen LogP contribution >= 0.6 is 35.7 Å². The van der Waals surface area contributed by atoms with Crippen molar-refractivity contribution in [3.63, 3.8) is 0 Å². The maximum atomic E-state index is 5.87. The zero-order valence-corrected chi connectivity index (χ0v) is 20.6. The van der Waals surface area contributed by atoms with E-state index >= 15 is 0 Å². The molecule has 5 heteroatoms. The molecule has 1 aliphatic heterocycles. The summed E-state index contributed by atoms with van der Waals surface area (Å²) in [6, 6.07) is 8.49. The van der Waals surface area contributed by atoms with E-state index in [4.69, 9.17) is 17.2 Å². The fourth-order valence-corrected chi connectivity index (χ4v) is 5.94. The average molecular weight is 435 g/mol. The zero-order chi connectivity index (χ0) is 20.7. The Bertz CT molecular complexity index is 729. The van der Waals surface area contributed by atoms with Crippen molar-refractivity contribution in [1.29, 1.82) is 0 Å². The molecule has 2 nitrogen and oxygen atoms in total. The number of thioether (sulfide) groups is 2. The van der Waals surface area contributed by atoms with Crippen molar-refractivity contribution >= 4 is 50.9 Å². The van der Waals surface area contributed by atoms with Gasteiger partial charge in [-0.05, 0) is 49.7 Å². The van der Waals surface area contributed by atoms with E-state index in [0.717, 1.165) is 33.2 Å². The monoisotopic (exact) mass is 434 g/mol. The molecule has 1 aliphatic rings. The number of rotatable bonds is 6. The van der Waals surface area contributed by atoms with Gasteiger partial charge in [0.1, 0.15) is 4.32 Å². The van der Waals surface area contributed by atoms with Crippen molar-refractivity contribution in [1.82, 2.24) is 4.90 Å². The van der Waals surface area contributed by atoms with E-state index in [2.05, 4.69) is 76.8 Å². The molecule has 0 radical (unpaired) electrons. The molecular formula is C23H34N2S3. The highest BCUT2D eigenvalue weighted by molar-refractivity contribution is 8.23. The number of benzene rings is 1. The first-order valence-corrected chi connectivity index (χ1v) is 12.6. The Kier molecular flexibility index (Phi) is 9.10. The summed E-state index contributed by atoms with van der Waals surface area (Å²) in [6.45, 7) is 14.3. The summed E-state index contributed by atoms with van der Waals surface area (Å²) < 4.78 is 0.941. The fourth-order valence-electron chi connectivity index (χ4n) is 3.20. The van der Waals surface area contributed by atoms with E-state index in [-0.39, 0.29) is 0 Å². The number of allylic oxidation sites excluding steroid dienone is 1. The van der Waals surface area contributed by atoms with Gasteiger partial charge in [-0.3, -0.25) is 0 Å². The summed E-state index contributed by atoms with van der Waals surface area (Å²) in [5, 5.41) is 1.06. The molecular weight excluding hydrogens is 400 g/mol. The highest BCUT2D eigenvalue weighted by Crippen LogP contribution is 2.40. The van der Waals surface area contributed by atoms with Crippen LogP contribution in [0.4, 0.5) is 5.69 Å². The molecule has 0 spiro atoms. The van der Waals surface area contributed by atoms with Crippen molar-refractivity contribution in [2.24, 2.45) is 10.4 Å². The first-order valence-electron chi connectivity index (χ1n) is 10.2. The Morgan fingerprint density at radius 2 is 1.96 bits per heavy atom. The molecule has 0 aliphatic carbocycles. The normalized spacial score (nSPS) is 17.8. The van der Waals surface area contributed by atoms with Crippen LogP contribution < -0.4 is 0 Å². The number of hydrogen-bond donors (Lipinski definition) is 0. The maximum absolute atomic E-state index is 5.87. The summed E-state index contributed by atoms with van der Waals surface area (Å²) in [5.74, 6) is 2.48. The lowest BCUT2D eigenvalue weighted by Crippen LogP contribution is -2.47. The van der Waals surface area contributed by atoms with Crippen molar-refractivity contribution in [3.8, 4) is 0 Å². The van der Waals surface area contributed by atoms with E-state index in [9.17, 15) is 0 Å². The third-order valence-corrected chi connectivity index (χ3v) is 8.13. The van der Waals surface area contributed by atoms with Crippen LogP contribution in [0.3, 0.4) is 0 Å². The SMILES string of the molecule is CCC1(CC)CSC(=Nc2ccccc2C(C)C)N(C(=S)SCC=C(C)C)C1. The molecule has 0 bridgehead atoms. The van der Waals surface area contributed by atoms with Crippen LogP contribution in [0, 0.1) is 5.41 Å². The summed E-state index contributed by atoms with van der Waals surface area (Å²) >= 11 is 9.48. The average Bonchev–Trinajstić information content (AvgIpc) is 2.68. The predicted octanol–water partition coefficient (Wildman–Crippen LogP) is 7.64. The molecule has 1 fully saturated rings. The predicted molar refractivity (Wildman–Crippen MR) is 134 cm³/mol. The maximum Gasteiger partial charge on any atom is 0.169 e. The Morgan fingerprint density at radius 1 is 1.29 bits per heavy atom. The van der Waals surface area contributed by atoms with Crippen LogP contribution in [0.2, 0.25) is 0 Å². The van der Waals surface area contributed by atoms with Crippen molar-refractivity contribution < 1.29 is 0 Å². The lowest BCUT2D eigenvalue weighted by Gasteiger charge is -2.42. The number of nitrogens with zero attached hydrogens (tertiary/aromatic N) is 2. The minimum atomic E-state index is 0.308. The van der Waals surface area contributed by atoms with Crippen molar-refractivity contribution in [3.05, 3.63) is 41.5 Å². The number of thiocarbonyl (C=S) groups is 1. The van der Waals surface area contributed by atoms with Gasteiger partial charge >= 0.3 is 0 Å². The van der Waals surface area contributed by atoms with E-state index in [1.54, 1.807) is 11.8 Å². The van der Waals surface area contributed by atoms with Crippen LogP contribution in [0.5, 0.6) is 0 Å². The first kappa shape index (κ1) is 23.5. The summed E-state index contributed by atoms with van der Waals surface area (Å²) in [4.78, 5) is 7.41. The zero-order valence-electron chi connectivity index (χ0n) is 18.1. The molecule has 1 aromatic rings. The van der Waals surface area contributed by atoms with Gasteiger partial charge in [0.15, 0.2) is 5.17 Å². The molecule has 0 atom stereocenters. The number of hydrogen-bond acceptors (Lipinski definition) is 4. The van der Waals surface area contributed by atoms with Gasteiger partial charge in [-0.15, -0.1) is 0 Å². The van der Waals surface area contributed by atoms with Gasteiger partial charge in [0.2, 0.25) is 0 Å². The van der Waals surface area contributed by atoms with Gasteiger partial charge < -0.3 is 4.90 Å².